The molecule has 40 heavy (non-hydrogen) atoms. The maximum Gasteiger partial charge on any atom is 0.255 e. The molecule has 2 fully saturated rings. The fourth-order valence-corrected chi connectivity index (χ4v) is 7.14. The van der Waals surface area contributed by atoms with E-state index in [9.17, 15) is 9.90 Å². The van der Waals surface area contributed by atoms with Gasteiger partial charge in [0.05, 0.1) is 43.4 Å². The van der Waals surface area contributed by atoms with Crippen molar-refractivity contribution in [3.8, 4) is 0 Å². The Balaban J connectivity index is 1.29. The molecule has 1 saturated heterocycles. The Morgan fingerprint density at radius 2 is 1.98 bits per heavy atom. The Kier molecular flexibility index (Phi) is 7.76. The molecule has 1 saturated carbocycles. The van der Waals surface area contributed by atoms with E-state index in [4.69, 9.17) is 9.47 Å². The van der Waals surface area contributed by atoms with E-state index in [0.717, 1.165) is 63.1 Å². The predicted octanol–water partition coefficient (Wildman–Crippen LogP) is 5.65. The summed E-state index contributed by atoms with van der Waals surface area (Å²) < 4.78 is 11.3. The van der Waals surface area contributed by atoms with Gasteiger partial charge in [-0.25, -0.2) is 0 Å². The van der Waals surface area contributed by atoms with Gasteiger partial charge < -0.3 is 19.9 Å². The van der Waals surface area contributed by atoms with Crippen molar-refractivity contribution in [1.29, 1.82) is 0 Å². The van der Waals surface area contributed by atoms with Crippen molar-refractivity contribution in [2.75, 3.05) is 31.7 Å². The monoisotopic (exact) mass is 540 g/mol. The number of amides is 1. The van der Waals surface area contributed by atoms with Crippen LogP contribution < -0.4 is 5.32 Å². The second kappa shape index (κ2) is 11.4. The first-order valence-electron chi connectivity index (χ1n) is 14.7. The van der Waals surface area contributed by atoms with Gasteiger partial charge in [-0.3, -0.25) is 9.78 Å². The van der Waals surface area contributed by atoms with E-state index >= 15 is 0 Å². The fourth-order valence-electron chi connectivity index (χ4n) is 7.14. The minimum Gasteiger partial charge on any atom is -0.387 e. The van der Waals surface area contributed by atoms with Crippen molar-refractivity contribution in [2.24, 2.45) is 11.8 Å². The first kappa shape index (κ1) is 27.1. The number of pyridine rings is 1. The summed E-state index contributed by atoms with van der Waals surface area (Å²) >= 11 is 0. The molecule has 1 aliphatic heterocycles. The number of anilines is 1. The third kappa shape index (κ3) is 5.58. The minimum atomic E-state index is -0.804. The molecule has 6 nitrogen and oxygen atoms in total. The quantitative estimate of drug-likeness (QED) is 0.386. The summed E-state index contributed by atoms with van der Waals surface area (Å²) in [5.41, 5.74) is 5.26. The molecule has 2 aromatic carbocycles. The van der Waals surface area contributed by atoms with Crippen LogP contribution in [0.3, 0.4) is 0 Å². The average molecular weight is 541 g/mol. The van der Waals surface area contributed by atoms with Gasteiger partial charge in [-0.1, -0.05) is 36.4 Å². The molecule has 3 atom stereocenters. The smallest absolute Gasteiger partial charge is 0.255 e. The molecule has 2 N–H and O–H groups in total. The molecule has 3 aromatic rings. The summed E-state index contributed by atoms with van der Waals surface area (Å²) in [6.45, 7) is 4.48. The molecule has 0 unspecified atom stereocenters. The fraction of sp³-hybridized carbons (Fsp3) is 0.471. The number of nitrogens with one attached hydrogen (secondary N) is 1. The Morgan fingerprint density at radius 3 is 2.75 bits per heavy atom. The number of carbonyl (C=O) groups excluding carboxylic acids is 1. The Labute approximate surface area is 237 Å². The highest BCUT2D eigenvalue weighted by atomic mass is 16.5. The molecule has 1 aromatic heterocycles. The van der Waals surface area contributed by atoms with Crippen molar-refractivity contribution < 1.29 is 19.4 Å². The lowest BCUT2D eigenvalue weighted by atomic mass is 9.56. The first-order valence-corrected chi connectivity index (χ1v) is 14.7. The summed E-state index contributed by atoms with van der Waals surface area (Å²) in [7, 11) is 0. The van der Waals surface area contributed by atoms with Gasteiger partial charge in [-0.15, -0.1) is 0 Å². The summed E-state index contributed by atoms with van der Waals surface area (Å²) in [5.74, 6) is 0.687. The third-order valence-corrected chi connectivity index (χ3v) is 9.40. The molecule has 1 amide bonds. The molecule has 2 aliphatic carbocycles. The molecule has 2 heterocycles. The van der Waals surface area contributed by atoms with E-state index in [1.807, 2.05) is 25.1 Å². The molecule has 3 aliphatic rings. The largest absolute Gasteiger partial charge is 0.387 e. The molecule has 6 rings (SSSR count). The van der Waals surface area contributed by atoms with Gasteiger partial charge in [0, 0.05) is 23.1 Å². The Morgan fingerprint density at radius 1 is 1.12 bits per heavy atom. The number of aromatic nitrogens is 1. The summed E-state index contributed by atoms with van der Waals surface area (Å²) in [5, 5.41) is 14.7. The zero-order valence-corrected chi connectivity index (χ0v) is 23.4. The Hall–Kier alpha value is -3.06. The van der Waals surface area contributed by atoms with Crippen molar-refractivity contribution in [3.05, 3.63) is 94.8 Å². The van der Waals surface area contributed by atoms with Crippen molar-refractivity contribution >= 4 is 11.6 Å². The summed E-state index contributed by atoms with van der Waals surface area (Å²) in [6, 6.07) is 20.8. The zero-order valence-electron chi connectivity index (χ0n) is 23.4. The van der Waals surface area contributed by atoms with Crippen LogP contribution in [0.15, 0.2) is 66.9 Å². The van der Waals surface area contributed by atoms with Crippen molar-refractivity contribution in [2.45, 2.75) is 62.9 Å². The van der Waals surface area contributed by atoms with Crippen molar-refractivity contribution in [1.82, 2.24) is 4.98 Å². The van der Waals surface area contributed by atoms with Gasteiger partial charge >= 0.3 is 0 Å². The molecule has 0 radical (unpaired) electrons. The van der Waals surface area contributed by atoms with Crippen LogP contribution in [0.1, 0.15) is 64.8 Å². The van der Waals surface area contributed by atoms with E-state index < -0.39 is 5.60 Å². The SMILES string of the molecule is Cc1ncccc1NC(=O)c1ccc2c(c1)CCC[C@@H]1C[C@](O)(COCC3COC3)CC[C@]21Cc1ccccc1. The third-order valence-electron chi connectivity index (χ3n) is 9.40. The highest BCUT2D eigenvalue weighted by molar-refractivity contribution is 6.04. The zero-order chi connectivity index (χ0) is 27.6. The van der Waals surface area contributed by atoms with Gasteiger partial charge in [-0.2, -0.15) is 0 Å². The van der Waals surface area contributed by atoms with Gasteiger partial charge in [0.15, 0.2) is 0 Å². The molecule has 6 heteroatoms. The molecule has 0 bridgehead atoms. The van der Waals surface area contributed by atoms with E-state index in [2.05, 4.69) is 52.8 Å². The summed E-state index contributed by atoms with van der Waals surface area (Å²) in [4.78, 5) is 17.6. The lowest BCUT2D eigenvalue weighted by Gasteiger charge is -2.50. The van der Waals surface area contributed by atoms with Crippen LogP contribution in [0, 0.1) is 18.8 Å². The Bertz CT molecular complexity index is 1340. The molecular weight excluding hydrogens is 500 g/mol. The number of fused-ring (bicyclic) bond motifs is 3. The predicted molar refractivity (Wildman–Crippen MR) is 156 cm³/mol. The van der Waals surface area contributed by atoms with Crippen LogP contribution in [-0.4, -0.2) is 48.0 Å². The second-order valence-corrected chi connectivity index (χ2v) is 12.2. The average Bonchev–Trinajstić information content (AvgIpc) is 3.08. The van der Waals surface area contributed by atoms with Crippen LogP contribution in [0.2, 0.25) is 0 Å². The number of benzene rings is 2. The number of aryl methyl sites for hydroxylation is 2. The van der Waals surface area contributed by atoms with Crippen LogP contribution in [-0.2, 0) is 27.7 Å². The lowest BCUT2D eigenvalue weighted by molar-refractivity contribution is -0.125. The summed E-state index contributed by atoms with van der Waals surface area (Å²) in [6.07, 6.45) is 8.04. The van der Waals surface area contributed by atoms with Gasteiger partial charge in [-0.05, 0) is 98.7 Å². The van der Waals surface area contributed by atoms with E-state index in [0.29, 0.717) is 37.0 Å². The number of hydrogen-bond donors (Lipinski definition) is 2. The number of rotatable bonds is 8. The van der Waals surface area contributed by atoms with E-state index in [1.54, 1.807) is 6.20 Å². The van der Waals surface area contributed by atoms with Gasteiger partial charge in [0.1, 0.15) is 0 Å². The highest BCUT2D eigenvalue weighted by Gasteiger charge is 2.51. The lowest BCUT2D eigenvalue weighted by Crippen LogP contribution is -2.51. The van der Waals surface area contributed by atoms with Crippen LogP contribution >= 0.6 is 0 Å². The van der Waals surface area contributed by atoms with Gasteiger partial charge in [0.25, 0.3) is 5.91 Å². The highest BCUT2D eigenvalue weighted by Crippen LogP contribution is 2.53. The number of hydrogen-bond acceptors (Lipinski definition) is 5. The van der Waals surface area contributed by atoms with Crippen LogP contribution in [0.5, 0.6) is 0 Å². The first-order chi connectivity index (χ1) is 19.4. The van der Waals surface area contributed by atoms with Crippen LogP contribution in [0.25, 0.3) is 0 Å². The number of ether oxygens (including phenoxy) is 2. The number of aliphatic hydroxyl groups is 1. The normalized spacial score (nSPS) is 26.2. The molecular formula is C34H40N2O4. The second-order valence-electron chi connectivity index (χ2n) is 12.2. The maximum atomic E-state index is 13.3. The van der Waals surface area contributed by atoms with E-state index in [1.165, 1.54) is 16.7 Å². The van der Waals surface area contributed by atoms with Crippen molar-refractivity contribution in [3.63, 3.8) is 0 Å². The standard InChI is InChI=1S/C34H40N2O4/c1-24-31(11-6-16-35-24)36-32(37)28-12-13-30-27(17-28)9-5-10-29-19-33(38,23-40-22-26-20-39-21-26)14-15-34(29,30)18-25-7-3-2-4-8-25/h2-4,6-8,11-13,16-17,26,29,38H,5,9-10,14-15,18-23H2,1H3,(H,36,37)/t29-,33+,34-/m1/s1. The number of nitrogens with zero attached hydrogens (tertiary/aromatic N) is 1. The van der Waals surface area contributed by atoms with E-state index in [-0.39, 0.29) is 11.3 Å². The maximum absolute atomic E-state index is 13.3. The van der Waals surface area contributed by atoms with Gasteiger partial charge in [0.2, 0.25) is 0 Å². The van der Waals surface area contributed by atoms with Crippen LogP contribution in [0.4, 0.5) is 5.69 Å². The molecule has 210 valence electrons. The topological polar surface area (TPSA) is 80.7 Å². The minimum absolute atomic E-state index is 0.0871. The molecule has 0 spiro atoms. The number of carbonyl (C=O) groups is 1.